The standard InChI is InChI=1S/C12H19NO2/c1-9(7-14)8-15-12-6-4-3-5-11(12)10(2)13/h3-6,9-10,14H,7-8,13H2,1-2H3. The summed E-state index contributed by atoms with van der Waals surface area (Å²) in [5.41, 5.74) is 6.83. The fraction of sp³-hybridized carbons (Fsp3) is 0.500. The minimum atomic E-state index is -0.0365. The highest BCUT2D eigenvalue weighted by Crippen LogP contribution is 2.23. The number of hydrogen-bond acceptors (Lipinski definition) is 3. The molecule has 0 amide bonds. The van der Waals surface area contributed by atoms with Crippen LogP contribution in [0, 0.1) is 5.92 Å². The van der Waals surface area contributed by atoms with Crippen molar-refractivity contribution in [3.8, 4) is 5.75 Å². The van der Waals surface area contributed by atoms with Gasteiger partial charge in [0.05, 0.1) is 6.61 Å². The van der Waals surface area contributed by atoms with Crippen LogP contribution in [0.15, 0.2) is 24.3 Å². The first-order chi connectivity index (χ1) is 7.15. The van der Waals surface area contributed by atoms with E-state index in [1.165, 1.54) is 0 Å². The fourth-order valence-electron chi connectivity index (χ4n) is 1.27. The lowest BCUT2D eigenvalue weighted by Gasteiger charge is -2.15. The Hall–Kier alpha value is -1.06. The highest BCUT2D eigenvalue weighted by molar-refractivity contribution is 5.35. The second-order valence-corrected chi connectivity index (χ2v) is 3.93. The maximum atomic E-state index is 8.89. The number of rotatable bonds is 5. The molecular formula is C12H19NO2. The maximum Gasteiger partial charge on any atom is 0.124 e. The molecule has 84 valence electrons. The number of hydrogen-bond donors (Lipinski definition) is 2. The van der Waals surface area contributed by atoms with E-state index < -0.39 is 0 Å². The van der Waals surface area contributed by atoms with Crippen molar-refractivity contribution in [2.45, 2.75) is 19.9 Å². The van der Waals surface area contributed by atoms with Gasteiger partial charge in [-0.3, -0.25) is 0 Å². The molecule has 0 radical (unpaired) electrons. The topological polar surface area (TPSA) is 55.5 Å². The van der Waals surface area contributed by atoms with Crippen molar-refractivity contribution in [2.24, 2.45) is 11.7 Å². The van der Waals surface area contributed by atoms with E-state index in [0.29, 0.717) is 6.61 Å². The Labute approximate surface area is 90.9 Å². The SMILES string of the molecule is CC(CO)COc1ccccc1C(C)N. The summed E-state index contributed by atoms with van der Waals surface area (Å²) in [5.74, 6) is 0.957. The van der Waals surface area contributed by atoms with Crippen LogP contribution in [-0.2, 0) is 0 Å². The molecule has 15 heavy (non-hydrogen) atoms. The van der Waals surface area contributed by atoms with Crippen LogP contribution < -0.4 is 10.5 Å². The van der Waals surface area contributed by atoms with E-state index in [1.807, 2.05) is 38.1 Å². The van der Waals surface area contributed by atoms with Gasteiger partial charge in [0, 0.05) is 24.1 Å². The smallest absolute Gasteiger partial charge is 0.124 e. The predicted molar refractivity (Wildman–Crippen MR) is 60.8 cm³/mol. The average Bonchev–Trinajstić information content (AvgIpc) is 2.26. The van der Waals surface area contributed by atoms with Gasteiger partial charge in [0.1, 0.15) is 5.75 Å². The van der Waals surface area contributed by atoms with Crippen LogP contribution in [0.3, 0.4) is 0 Å². The van der Waals surface area contributed by atoms with Gasteiger partial charge in [0.2, 0.25) is 0 Å². The molecule has 2 atom stereocenters. The molecule has 0 aliphatic rings. The van der Waals surface area contributed by atoms with Crippen LogP contribution in [0.5, 0.6) is 5.75 Å². The van der Waals surface area contributed by atoms with Crippen molar-refractivity contribution < 1.29 is 9.84 Å². The van der Waals surface area contributed by atoms with Crippen molar-refractivity contribution in [2.75, 3.05) is 13.2 Å². The lowest BCUT2D eigenvalue weighted by Crippen LogP contribution is -2.14. The molecule has 0 spiro atoms. The van der Waals surface area contributed by atoms with Crippen LogP contribution in [0.4, 0.5) is 0 Å². The Morgan fingerprint density at radius 1 is 1.33 bits per heavy atom. The van der Waals surface area contributed by atoms with Gasteiger partial charge in [0.25, 0.3) is 0 Å². The Bertz CT molecular complexity index is 299. The number of aliphatic hydroxyl groups excluding tert-OH is 1. The first-order valence-electron chi connectivity index (χ1n) is 5.23. The molecule has 0 aromatic heterocycles. The average molecular weight is 209 g/mol. The minimum Gasteiger partial charge on any atom is -0.493 e. The van der Waals surface area contributed by atoms with Crippen molar-refractivity contribution in [3.05, 3.63) is 29.8 Å². The van der Waals surface area contributed by atoms with Crippen LogP contribution >= 0.6 is 0 Å². The Kier molecular flexibility index (Phi) is 4.59. The minimum absolute atomic E-state index is 0.0365. The number of benzene rings is 1. The van der Waals surface area contributed by atoms with Crippen LogP contribution in [0.1, 0.15) is 25.5 Å². The van der Waals surface area contributed by atoms with E-state index in [1.54, 1.807) is 0 Å². The third-order valence-corrected chi connectivity index (χ3v) is 2.24. The Morgan fingerprint density at radius 2 is 2.00 bits per heavy atom. The largest absolute Gasteiger partial charge is 0.493 e. The number of nitrogens with two attached hydrogens (primary N) is 1. The zero-order valence-electron chi connectivity index (χ0n) is 9.31. The molecule has 0 saturated carbocycles. The number of ether oxygens (including phenoxy) is 1. The first-order valence-corrected chi connectivity index (χ1v) is 5.23. The van der Waals surface area contributed by atoms with Crippen LogP contribution in [-0.4, -0.2) is 18.3 Å². The molecule has 1 aromatic carbocycles. The van der Waals surface area contributed by atoms with E-state index in [-0.39, 0.29) is 18.6 Å². The lowest BCUT2D eigenvalue weighted by molar-refractivity contribution is 0.173. The quantitative estimate of drug-likeness (QED) is 0.776. The van der Waals surface area contributed by atoms with Gasteiger partial charge in [-0.1, -0.05) is 25.1 Å². The third kappa shape index (κ3) is 3.53. The lowest BCUT2D eigenvalue weighted by atomic mass is 10.1. The summed E-state index contributed by atoms with van der Waals surface area (Å²) in [6.07, 6.45) is 0. The number of aliphatic hydroxyl groups is 1. The van der Waals surface area contributed by atoms with Crippen LogP contribution in [0.25, 0.3) is 0 Å². The van der Waals surface area contributed by atoms with Crippen molar-refractivity contribution in [1.29, 1.82) is 0 Å². The summed E-state index contributed by atoms with van der Waals surface area (Å²) in [5, 5.41) is 8.89. The van der Waals surface area contributed by atoms with E-state index in [0.717, 1.165) is 11.3 Å². The molecular weight excluding hydrogens is 190 g/mol. The Balaban J connectivity index is 2.67. The molecule has 3 heteroatoms. The second kappa shape index (κ2) is 5.73. The zero-order valence-corrected chi connectivity index (χ0v) is 9.31. The van der Waals surface area contributed by atoms with Crippen molar-refractivity contribution in [3.63, 3.8) is 0 Å². The predicted octanol–water partition coefficient (Wildman–Crippen LogP) is 1.71. The van der Waals surface area contributed by atoms with Gasteiger partial charge in [0.15, 0.2) is 0 Å². The first kappa shape index (κ1) is 12.0. The maximum absolute atomic E-state index is 8.89. The van der Waals surface area contributed by atoms with E-state index in [9.17, 15) is 0 Å². The summed E-state index contributed by atoms with van der Waals surface area (Å²) in [4.78, 5) is 0. The second-order valence-electron chi connectivity index (χ2n) is 3.93. The van der Waals surface area contributed by atoms with E-state index >= 15 is 0 Å². The fourth-order valence-corrected chi connectivity index (χ4v) is 1.27. The van der Waals surface area contributed by atoms with Gasteiger partial charge in [-0.25, -0.2) is 0 Å². The van der Waals surface area contributed by atoms with E-state index in [4.69, 9.17) is 15.6 Å². The van der Waals surface area contributed by atoms with Crippen LogP contribution in [0.2, 0.25) is 0 Å². The summed E-state index contributed by atoms with van der Waals surface area (Å²) in [6, 6.07) is 7.70. The number of para-hydroxylation sites is 1. The molecule has 0 saturated heterocycles. The molecule has 0 aliphatic heterocycles. The molecule has 1 aromatic rings. The summed E-state index contributed by atoms with van der Waals surface area (Å²) >= 11 is 0. The van der Waals surface area contributed by atoms with Gasteiger partial charge < -0.3 is 15.6 Å². The van der Waals surface area contributed by atoms with Gasteiger partial charge >= 0.3 is 0 Å². The molecule has 0 fully saturated rings. The van der Waals surface area contributed by atoms with Gasteiger partial charge in [-0.15, -0.1) is 0 Å². The molecule has 1 rings (SSSR count). The molecule has 3 N–H and O–H groups in total. The van der Waals surface area contributed by atoms with Crippen molar-refractivity contribution in [1.82, 2.24) is 0 Å². The highest BCUT2D eigenvalue weighted by atomic mass is 16.5. The summed E-state index contributed by atoms with van der Waals surface area (Å²) < 4.78 is 5.61. The molecule has 2 unspecified atom stereocenters. The summed E-state index contributed by atoms with van der Waals surface area (Å²) in [6.45, 7) is 4.52. The normalized spacial score (nSPS) is 14.7. The molecule has 0 bridgehead atoms. The zero-order chi connectivity index (χ0) is 11.3. The monoisotopic (exact) mass is 209 g/mol. The molecule has 3 nitrogen and oxygen atoms in total. The Morgan fingerprint density at radius 3 is 2.60 bits per heavy atom. The third-order valence-electron chi connectivity index (χ3n) is 2.24. The van der Waals surface area contributed by atoms with Crippen molar-refractivity contribution >= 4 is 0 Å². The molecule has 0 aliphatic carbocycles. The van der Waals surface area contributed by atoms with E-state index in [2.05, 4.69) is 0 Å². The molecule has 0 heterocycles. The highest BCUT2D eigenvalue weighted by Gasteiger charge is 2.08. The van der Waals surface area contributed by atoms with Gasteiger partial charge in [-0.05, 0) is 13.0 Å². The van der Waals surface area contributed by atoms with Gasteiger partial charge in [-0.2, -0.15) is 0 Å². The summed E-state index contributed by atoms with van der Waals surface area (Å²) in [7, 11) is 0.